The van der Waals surface area contributed by atoms with Crippen LogP contribution in [0, 0.1) is 0 Å². The van der Waals surface area contributed by atoms with Crippen molar-refractivity contribution >= 4 is 5.69 Å². The predicted molar refractivity (Wildman–Crippen MR) is 84.9 cm³/mol. The molecule has 1 saturated heterocycles. The topological polar surface area (TPSA) is 33.7 Å². The molecule has 0 saturated carbocycles. The molecule has 0 spiro atoms. The Morgan fingerprint density at radius 2 is 2.33 bits per heavy atom. The maximum Gasteiger partial charge on any atom is 0.106 e. The second-order valence-electron chi connectivity index (χ2n) is 6.28. The molecule has 0 bridgehead atoms. The van der Waals surface area contributed by atoms with Gasteiger partial charge in [-0.15, -0.1) is 0 Å². The average molecular weight is 290 g/mol. The van der Waals surface area contributed by atoms with Crippen LogP contribution in [0.25, 0.3) is 0 Å². The molecular formula is C17H26N2O2. The minimum absolute atomic E-state index is 0.131. The van der Waals surface area contributed by atoms with Crippen LogP contribution >= 0.6 is 0 Å². The Hall–Kier alpha value is -1.10. The van der Waals surface area contributed by atoms with Crippen LogP contribution in [0.3, 0.4) is 0 Å². The molecule has 2 heterocycles. The van der Waals surface area contributed by atoms with Crippen LogP contribution in [0.4, 0.5) is 5.69 Å². The zero-order valence-electron chi connectivity index (χ0n) is 13.2. The van der Waals surface area contributed by atoms with Gasteiger partial charge in [-0.2, -0.15) is 0 Å². The number of benzene rings is 1. The zero-order chi connectivity index (χ0) is 14.7. The monoisotopic (exact) mass is 290 g/mol. The normalized spacial score (nSPS) is 25.1. The standard InChI is InChI=1S/C17H26N2O2/c1-19-8-3-4-15-10-14(5-6-16(15)19)11-18-12-17(20-2)7-9-21-13-17/h5-6,10,18H,3-4,7-9,11-13H2,1-2H3. The molecule has 1 N–H and O–H groups in total. The Balaban J connectivity index is 1.58. The van der Waals surface area contributed by atoms with Crippen molar-refractivity contribution in [2.45, 2.75) is 31.4 Å². The van der Waals surface area contributed by atoms with E-state index >= 15 is 0 Å². The number of nitrogens with one attached hydrogen (secondary N) is 1. The van der Waals surface area contributed by atoms with Crippen molar-refractivity contribution in [1.29, 1.82) is 0 Å². The maximum absolute atomic E-state index is 5.65. The van der Waals surface area contributed by atoms with E-state index in [-0.39, 0.29) is 5.60 Å². The van der Waals surface area contributed by atoms with Crippen LogP contribution in [0.5, 0.6) is 0 Å². The third-order valence-corrected chi connectivity index (χ3v) is 4.77. The Morgan fingerprint density at radius 3 is 3.10 bits per heavy atom. The molecular weight excluding hydrogens is 264 g/mol. The summed E-state index contributed by atoms with van der Waals surface area (Å²) in [5.74, 6) is 0. The van der Waals surface area contributed by atoms with Gasteiger partial charge < -0.3 is 19.7 Å². The molecule has 2 aliphatic heterocycles. The smallest absolute Gasteiger partial charge is 0.106 e. The van der Waals surface area contributed by atoms with E-state index in [1.165, 1.54) is 36.2 Å². The molecule has 0 aromatic heterocycles. The van der Waals surface area contributed by atoms with E-state index in [1.54, 1.807) is 7.11 Å². The summed E-state index contributed by atoms with van der Waals surface area (Å²) < 4.78 is 11.1. The molecule has 3 rings (SSSR count). The summed E-state index contributed by atoms with van der Waals surface area (Å²) >= 11 is 0. The summed E-state index contributed by atoms with van der Waals surface area (Å²) in [4.78, 5) is 2.35. The second kappa shape index (κ2) is 6.34. The highest BCUT2D eigenvalue weighted by atomic mass is 16.5. The van der Waals surface area contributed by atoms with E-state index in [1.807, 2.05) is 0 Å². The first-order valence-corrected chi connectivity index (χ1v) is 7.89. The van der Waals surface area contributed by atoms with Gasteiger partial charge in [-0.25, -0.2) is 0 Å². The summed E-state index contributed by atoms with van der Waals surface area (Å²) in [6.45, 7) is 4.41. The maximum atomic E-state index is 5.65. The number of methoxy groups -OCH3 is 1. The lowest BCUT2D eigenvalue weighted by Crippen LogP contribution is -2.42. The molecule has 1 aromatic rings. The first-order valence-electron chi connectivity index (χ1n) is 7.89. The SMILES string of the molecule is COC1(CNCc2ccc3c(c2)CCCN3C)CCOC1. The number of rotatable bonds is 5. The van der Waals surface area contributed by atoms with Gasteiger partial charge in [-0.1, -0.05) is 12.1 Å². The molecule has 0 amide bonds. The van der Waals surface area contributed by atoms with Gasteiger partial charge in [-0.3, -0.25) is 0 Å². The highest BCUT2D eigenvalue weighted by molar-refractivity contribution is 5.56. The largest absolute Gasteiger partial charge is 0.378 e. The van der Waals surface area contributed by atoms with Crippen LogP contribution in [-0.4, -0.2) is 46.1 Å². The van der Waals surface area contributed by atoms with E-state index < -0.39 is 0 Å². The van der Waals surface area contributed by atoms with Crippen molar-refractivity contribution in [2.24, 2.45) is 0 Å². The Kier molecular flexibility index (Phi) is 4.48. The molecule has 1 aromatic carbocycles. The van der Waals surface area contributed by atoms with Gasteiger partial charge in [0.15, 0.2) is 0 Å². The summed E-state index contributed by atoms with van der Waals surface area (Å²) in [7, 11) is 3.96. The number of hydrogen-bond donors (Lipinski definition) is 1. The molecule has 116 valence electrons. The number of anilines is 1. The van der Waals surface area contributed by atoms with Crippen LogP contribution in [0.2, 0.25) is 0 Å². The molecule has 0 aliphatic carbocycles. The molecule has 4 heteroatoms. The first kappa shape index (κ1) is 14.8. The molecule has 0 radical (unpaired) electrons. The minimum Gasteiger partial charge on any atom is -0.378 e. The number of ether oxygens (including phenoxy) is 2. The van der Waals surface area contributed by atoms with Crippen LogP contribution in [0.1, 0.15) is 24.0 Å². The summed E-state index contributed by atoms with van der Waals surface area (Å²) in [5, 5.41) is 3.53. The van der Waals surface area contributed by atoms with Gasteiger partial charge in [0.2, 0.25) is 0 Å². The van der Waals surface area contributed by atoms with Crippen LogP contribution in [-0.2, 0) is 22.4 Å². The van der Waals surface area contributed by atoms with Crippen molar-refractivity contribution in [3.05, 3.63) is 29.3 Å². The van der Waals surface area contributed by atoms with Crippen molar-refractivity contribution in [3.8, 4) is 0 Å². The van der Waals surface area contributed by atoms with Crippen LogP contribution in [0.15, 0.2) is 18.2 Å². The Bertz CT molecular complexity index is 484. The molecule has 2 aliphatic rings. The lowest BCUT2D eigenvalue weighted by molar-refractivity contribution is -0.0159. The van der Waals surface area contributed by atoms with E-state index in [0.29, 0.717) is 6.61 Å². The van der Waals surface area contributed by atoms with E-state index in [0.717, 1.165) is 26.1 Å². The van der Waals surface area contributed by atoms with Gasteiger partial charge in [0, 0.05) is 52.5 Å². The zero-order valence-corrected chi connectivity index (χ0v) is 13.2. The predicted octanol–water partition coefficient (Wildman–Crippen LogP) is 1.96. The third kappa shape index (κ3) is 3.23. The summed E-state index contributed by atoms with van der Waals surface area (Å²) in [6.07, 6.45) is 3.43. The van der Waals surface area contributed by atoms with Gasteiger partial charge in [0.1, 0.15) is 5.60 Å². The van der Waals surface area contributed by atoms with Crippen molar-refractivity contribution in [2.75, 3.05) is 45.4 Å². The number of hydrogen-bond acceptors (Lipinski definition) is 4. The average Bonchev–Trinajstić information content (AvgIpc) is 2.97. The van der Waals surface area contributed by atoms with Crippen LogP contribution < -0.4 is 10.2 Å². The highest BCUT2D eigenvalue weighted by Gasteiger charge is 2.34. The van der Waals surface area contributed by atoms with E-state index in [9.17, 15) is 0 Å². The third-order valence-electron chi connectivity index (χ3n) is 4.77. The van der Waals surface area contributed by atoms with Gasteiger partial charge in [0.05, 0.1) is 6.61 Å². The van der Waals surface area contributed by atoms with Gasteiger partial charge in [-0.05, 0) is 30.0 Å². The summed E-state index contributed by atoms with van der Waals surface area (Å²) in [6, 6.07) is 6.84. The molecule has 1 atom stereocenters. The summed E-state index contributed by atoms with van der Waals surface area (Å²) in [5.41, 5.74) is 4.10. The molecule has 21 heavy (non-hydrogen) atoms. The molecule has 4 nitrogen and oxygen atoms in total. The number of nitrogens with zero attached hydrogens (tertiary/aromatic N) is 1. The Morgan fingerprint density at radius 1 is 1.43 bits per heavy atom. The lowest BCUT2D eigenvalue weighted by Gasteiger charge is -2.28. The second-order valence-corrected chi connectivity index (χ2v) is 6.28. The van der Waals surface area contributed by atoms with E-state index in [2.05, 4.69) is 35.5 Å². The first-order chi connectivity index (χ1) is 10.2. The number of aryl methyl sites for hydroxylation is 1. The Labute approximate surface area is 127 Å². The van der Waals surface area contributed by atoms with Crippen molar-refractivity contribution < 1.29 is 9.47 Å². The molecule has 1 unspecified atom stereocenters. The van der Waals surface area contributed by atoms with Crippen molar-refractivity contribution in [3.63, 3.8) is 0 Å². The quantitative estimate of drug-likeness (QED) is 0.899. The molecule has 1 fully saturated rings. The fourth-order valence-electron chi connectivity index (χ4n) is 3.34. The highest BCUT2D eigenvalue weighted by Crippen LogP contribution is 2.27. The van der Waals surface area contributed by atoms with Crippen molar-refractivity contribution in [1.82, 2.24) is 5.32 Å². The van der Waals surface area contributed by atoms with Gasteiger partial charge >= 0.3 is 0 Å². The lowest BCUT2D eigenvalue weighted by atomic mass is 9.99. The van der Waals surface area contributed by atoms with Gasteiger partial charge in [0.25, 0.3) is 0 Å². The minimum atomic E-state index is -0.131. The fourth-order valence-corrected chi connectivity index (χ4v) is 3.34. The fraction of sp³-hybridized carbons (Fsp3) is 0.647. The number of fused-ring (bicyclic) bond motifs is 1. The van der Waals surface area contributed by atoms with E-state index in [4.69, 9.17) is 9.47 Å².